The summed E-state index contributed by atoms with van der Waals surface area (Å²) in [6.45, 7) is 1.93. The SMILES string of the molecule is CN(C[C@@H]1CCCCN1C)C(=O)c1cn[nH]c1. The van der Waals surface area contributed by atoms with E-state index in [0.29, 0.717) is 11.6 Å². The van der Waals surface area contributed by atoms with E-state index in [1.807, 2.05) is 7.05 Å². The number of aromatic amines is 1. The van der Waals surface area contributed by atoms with Crippen LogP contribution in [0.3, 0.4) is 0 Å². The molecular formula is C12H20N4O. The molecular weight excluding hydrogens is 216 g/mol. The van der Waals surface area contributed by atoms with Crippen LogP contribution in [0.15, 0.2) is 12.4 Å². The van der Waals surface area contributed by atoms with Gasteiger partial charge >= 0.3 is 0 Å². The van der Waals surface area contributed by atoms with Gasteiger partial charge in [-0.15, -0.1) is 0 Å². The Labute approximate surface area is 102 Å². The van der Waals surface area contributed by atoms with E-state index < -0.39 is 0 Å². The summed E-state index contributed by atoms with van der Waals surface area (Å²) >= 11 is 0. The lowest BCUT2D eigenvalue weighted by Crippen LogP contribution is -2.45. The maximum atomic E-state index is 12.0. The van der Waals surface area contributed by atoms with Gasteiger partial charge in [0.2, 0.25) is 0 Å². The minimum absolute atomic E-state index is 0.0396. The second kappa shape index (κ2) is 5.31. The van der Waals surface area contributed by atoms with E-state index in [9.17, 15) is 4.79 Å². The molecule has 1 N–H and O–H groups in total. The molecule has 0 unspecified atom stereocenters. The molecule has 0 saturated carbocycles. The van der Waals surface area contributed by atoms with Crippen molar-refractivity contribution >= 4 is 5.91 Å². The Hall–Kier alpha value is -1.36. The molecule has 5 nitrogen and oxygen atoms in total. The topological polar surface area (TPSA) is 52.2 Å². The molecule has 1 aliphatic rings. The summed E-state index contributed by atoms with van der Waals surface area (Å²) in [5, 5.41) is 6.47. The number of likely N-dealkylation sites (N-methyl/N-ethyl adjacent to an activating group) is 2. The van der Waals surface area contributed by atoms with Crippen molar-refractivity contribution in [2.24, 2.45) is 0 Å². The Morgan fingerprint density at radius 1 is 1.65 bits per heavy atom. The number of piperidine rings is 1. The molecule has 2 heterocycles. The van der Waals surface area contributed by atoms with E-state index in [-0.39, 0.29) is 5.91 Å². The van der Waals surface area contributed by atoms with Crippen molar-refractivity contribution in [3.05, 3.63) is 18.0 Å². The van der Waals surface area contributed by atoms with Gasteiger partial charge in [0.25, 0.3) is 5.91 Å². The number of amides is 1. The van der Waals surface area contributed by atoms with Crippen molar-refractivity contribution < 1.29 is 4.79 Å². The molecule has 17 heavy (non-hydrogen) atoms. The number of nitrogens with zero attached hydrogens (tertiary/aromatic N) is 3. The van der Waals surface area contributed by atoms with Gasteiger partial charge in [0.05, 0.1) is 11.8 Å². The fourth-order valence-corrected chi connectivity index (χ4v) is 2.36. The average molecular weight is 236 g/mol. The van der Waals surface area contributed by atoms with Crippen LogP contribution in [-0.2, 0) is 0 Å². The molecule has 5 heteroatoms. The second-order valence-electron chi connectivity index (χ2n) is 4.80. The van der Waals surface area contributed by atoms with Gasteiger partial charge in [-0.05, 0) is 26.4 Å². The number of carbonyl (C=O) groups excluding carboxylic acids is 1. The van der Waals surface area contributed by atoms with Crippen LogP contribution < -0.4 is 0 Å². The van der Waals surface area contributed by atoms with Gasteiger partial charge in [-0.25, -0.2) is 0 Å². The van der Waals surface area contributed by atoms with Crippen LogP contribution in [0, 0.1) is 0 Å². The smallest absolute Gasteiger partial charge is 0.256 e. The number of H-pyrrole nitrogens is 1. The molecule has 2 rings (SSSR count). The maximum Gasteiger partial charge on any atom is 0.256 e. The van der Waals surface area contributed by atoms with Crippen LogP contribution in [0.5, 0.6) is 0 Å². The van der Waals surface area contributed by atoms with E-state index in [4.69, 9.17) is 0 Å². The molecule has 1 atom stereocenters. The number of aromatic nitrogens is 2. The Balaban J connectivity index is 1.92. The highest BCUT2D eigenvalue weighted by Gasteiger charge is 2.22. The van der Waals surface area contributed by atoms with E-state index in [2.05, 4.69) is 22.1 Å². The molecule has 1 amide bonds. The standard InChI is InChI=1S/C12H20N4O/c1-15-6-4-3-5-11(15)9-16(2)12(17)10-7-13-14-8-10/h7-8,11H,3-6,9H2,1-2H3,(H,13,14)/t11-/m0/s1. The van der Waals surface area contributed by atoms with Gasteiger partial charge in [-0.3, -0.25) is 9.89 Å². The molecule has 1 aliphatic heterocycles. The first-order valence-corrected chi connectivity index (χ1v) is 6.13. The van der Waals surface area contributed by atoms with Crippen LogP contribution in [-0.4, -0.2) is 59.1 Å². The fourth-order valence-electron chi connectivity index (χ4n) is 2.36. The molecule has 1 aromatic rings. The number of carbonyl (C=O) groups is 1. The van der Waals surface area contributed by atoms with Gasteiger partial charge < -0.3 is 9.80 Å². The van der Waals surface area contributed by atoms with E-state index >= 15 is 0 Å². The predicted molar refractivity (Wildman–Crippen MR) is 65.8 cm³/mol. The maximum absolute atomic E-state index is 12.0. The minimum atomic E-state index is 0.0396. The molecule has 1 saturated heterocycles. The first-order valence-electron chi connectivity index (χ1n) is 6.13. The number of nitrogens with one attached hydrogen (secondary N) is 1. The normalized spacial score (nSPS) is 21.4. The Morgan fingerprint density at radius 2 is 2.47 bits per heavy atom. The van der Waals surface area contributed by atoms with Crippen LogP contribution in [0.4, 0.5) is 0 Å². The highest BCUT2D eigenvalue weighted by Crippen LogP contribution is 2.16. The van der Waals surface area contributed by atoms with Crippen LogP contribution >= 0.6 is 0 Å². The molecule has 0 bridgehead atoms. The molecule has 0 aromatic carbocycles. The lowest BCUT2D eigenvalue weighted by molar-refractivity contribution is 0.0717. The van der Waals surface area contributed by atoms with Gasteiger partial charge in [-0.1, -0.05) is 6.42 Å². The van der Waals surface area contributed by atoms with Crippen LogP contribution in [0.2, 0.25) is 0 Å². The summed E-state index contributed by atoms with van der Waals surface area (Å²) < 4.78 is 0. The lowest BCUT2D eigenvalue weighted by atomic mass is 10.0. The first-order chi connectivity index (χ1) is 8.18. The molecule has 1 fully saturated rings. The summed E-state index contributed by atoms with van der Waals surface area (Å²) in [6.07, 6.45) is 6.93. The number of rotatable bonds is 3. The van der Waals surface area contributed by atoms with Crippen molar-refractivity contribution in [2.45, 2.75) is 25.3 Å². The average Bonchev–Trinajstić information content (AvgIpc) is 2.84. The van der Waals surface area contributed by atoms with Gasteiger partial charge in [0, 0.05) is 25.8 Å². The summed E-state index contributed by atoms with van der Waals surface area (Å²) in [4.78, 5) is 16.2. The summed E-state index contributed by atoms with van der Waals surface area (Å²) in [6, 6.07) is 0.490. The predicted octanol–water partition coefficient (Wildman–Crippen LogP) is 0.966. The third-order valence-corrected chi connectivity index (χ3v) is 3.50. The van der Waals surface area contributed by atoms with Gasteiger partial charge in [0.15, 0.2) is 0 Å². The summed E-state index contributed by atoms with van der Waals surface area (Å²) in [5.41, 5.74) is 0.631. The van der Waals surface area contributed by atoms with Crippen LogP contribution in [0.25, 0.3) is 0 Å². The van der Waals surface area contributed by atoms with Gasteiger partial charge in [-0.2, -0.15) is 5.10 Å². The zero-order valence-corrected chi connectivity index (χ0v) is 10.5. The van der Waals surface area contributed by atoms with Crippen molar-refractivity contribution in [3.8, 4) is 0 Å². The van der Waals surface area contributed by atoms with Crippen molar-refractivity contribution in [1.29, 1.82) is 0 Å². The monoisotopic (exact) mass is 236 g/mol. The third-order valence-electron chi connectivity index (χ3n) is 3.50. The summed E-state index contributed by atoms with van der Waals surface area (Å²) in [7, 11) is 4.00. The minimum Gasteiger partial charge on any atom is -0.340 e. The summed E-state index contributed by atoms with van der Waals surface area (Å²) in [5.74, 6) is 0.0396. The fraction of sp³-hybridized carbons (Fsp3) is 0.667. The zero-order chi connectivity index (χ0) is 12.3. The second-order valence-corrected chi connectivity index (χ2v) is 4.80. The highest BCUT2D eigenvalue weighted by atomic mass is 16.2. The van der Waals surface area contributed by atoms with E-state index in [0.717, 1.165) is 13.1 Å². The molecule has 0 spiro atoms. The third kappa shape index (κ3) is 2.85. The Bertz CT molecular complexity index is 363. The number of hydrogen-bond acceptors (Lipinski definition) is 3. The number of hydrogen-bond donors (Lipinski definition) is 1. The van der Waals surface area contributed by atoms with Gasteiger partial charge in [0.1, 0.15) is 0 Å². The number of likely N-dealkylation sites (tertiary alicyclic amines) is 1. The van der Waals surface area contributed by atoms with E-state index in [1.165, 1.54) is 19.3 Å². The largest absolute Gasteiger partial charge is 0.340 e. The Kier molecular flexibility index (Phi) is 3.78. The van der Waals surface area contributed by atoms with Crippen molar-refractivity contribution in [2.75, 3.05) is 27.2 Å². The quantitative estimate of drug-likeness (QED) is 0.850. The zero-order valence-electron chi connectivity index (χ0n) is 10.5. The highest BCUT2D eigenvalue weighted by molar-refractivity contribution is 5.93. The Morgan fingerprint density at radius 3 is 3.12 bits per heavy atom. The van der Waals surface area contributed by atoms with E-state index in [1.54, 1.807) is 17.3 Å². The van der Waals surface area contributed by atoms with Crippen molar-refractivity contribution in [3.63, 3.8) is 0 Å². The molecule has 0 radical (unpaired) electrons. The van der Waals surface area contributed by atoms with Crippen molar-refractivity contribution in [1.82, 2.24) is 20.0 Å². The molecule has 0 aliphatic carbocycles. The molecule has 94 valence electrons. The van der Waals surface area contributed by atoms with Crippen LogP contribution in [0.1, 0.15) is 29.6 Å². The lowest BCUT2D eigenvalue weighted by Gasteiger charge is -2.35. The molecule has 1 aromatic heterocycles. The first kappa shape index (κ1) is 12.1.